The minimum absolute atomic E-state index is 0.0652. The molecule has 1 saturated heterocycles. The van der Waals surface area contributed by atoms with E-state index in [4.69, 9.17) is 16.3 Å². The molecule has 0 N–H and O–H groups in total. The number of halogens is 1. The zero-order valence-electron chi connectivity index (χ0n) is 13.0. The fourth-order valence-corrected chi connectivity index (χ4v) is 5.02. The normalized spacial score (nSPS) is 22.0. The molecule has 8 heteroatoms. The van der Waals surface area contributed by atoms with E-state index in [2.05, 4.69) is 0 Å². The third-order valence-corrected chi connectivity index (χ3v) is 6.73. The highest BCUT2D eigenvalue weighted by Crippen LogP contribution is 2.29. The number of carbonyl (C=O) groups is 2. The largest absolute Gasteiger partial charge is 0.451 e. The number of hydrogen-bond donors (Lipinski definition) is 0. The lowest BCUT2D eigenvalue weighted by molar-refractivity contribution is -0.124. The molecule has 1 atom stereocenters. The maximum Gasteiger partial charge on any atom is 0.338 e. The summed E-state index contributed by atoms with van der Waals surface area (Å²) in [6, 6.07) is 4.02. The van der Waals surface area contributed by atoms with Crippen LogP contribution in [0.1, 0.15) is 42.5 Å². The molecule has 1 aromatic rings. The molecule has 0 radical (unpaired) electrons. The zero-order valence-corrected chi connectivity index (χ0v) is 14.6. The van der Waals surface area contributed by atoms with E-state index in [-0.39, 0.29) is 21.3 Å². The van der Waals surface area contributed by atoms with E-state index in [0.29, 0.717) is 32.4 Å². The number of sulfonamides is 1. The van der Waals surface area contributed by atoms with Gasteiger partial charge < -0.3 is 4.74 Å². The van der Waals surface area contributed by atoms with E-state index < -0.39 is 22.1 Å². The van der Waals surface area contributed by atoms with Crippen LogP contribution in [-0.2, 0) is 19.6 Å². The summed E-state index contributed by atoms with van der Waals surface area (Å²) in [5.41, 5.74) is 0.0804. The van der Waals surface area contributed by atoms with Crippen molar-refractivity contribution >= 4 is 33.4 Å². The number of rotatable bonds is 4. The van der Waals surface area contributed by atoms with E-state index in [1.807, 2.05) is 0 Å². The number of esters is 1. The molecule has 0 aromatic heterocycles. The minimum atomic E-state index is -3.74. The highest BCUT2D eigenvalue weighted by molar-refractivity contribution is 7.89. The van der Waals surface area contributed by atoms with E-state index >= 15 is 0 Å². The Morgan fingerprint density at radius 3 is 2.54 bits per heavy atom. The van der Waals surface area contributed by atoms with Crippen LogP contribution in [0.2, 0.25) is 5.02 Å². The summed E-state index contributed by atoms with van der Waals surface area (Å²) in [5, 5.41) is 0.0652. The summed E-state index contributed by atoms with van der Waals surface area (Å²) in [5.74, 6) is -0.799. The highest BCUT2D eigenvalue weighted by Gasteiger charge is 2.31. The van der Waals surface area contributed by atoms with Crippen molar-refractivity contribution < 1.29 is 22.7 Å². The smallest absolute Gasteiger partial charge is 0.338 e. The minimum Gasteiger partial charge on any atom is -0.451 e. The molecule has 130 valence electrons. The second-order valence-electron chi connectivity index (χ2n) is 6.01. The van der Waals surface area contributed by atoms with E-state index in [0.717, 1.165) is 12.8 Å². The average molecular weight is 372 g/mol. The van der Waals surface area contributed by atoms with Crippen molar-refractivity contribution in [2.24, 2.45) is 0 Å². The maximum atomic E-state index is 12.7. The zero-order chi connectivity index (χ0) is 17.3. The molecule has 6 nitrogen and oxygen atoms in total. The average Bonchev–Trinajstić information content (AvgIpc) is 3.20. The number of carbonyl (C=O) groups excluding carboxylic acids is 2. The Hall–Kier alpha value is -1.44. The first-order chi connectivity index (χ1) is 11.4. The number of Topliss-reactive ketones (excluding diaryl/α,β-unsaturated/α-hetero) is 1. The summed E-state index contributed by atoms with van der Waals surface area (Å²) >= 11 is 6.05. The van der Waals surface area contributed by atoms with Gasteiger partial charge in [-0.05, 0) is 43.9 Å². The van der Waals surface area contributed by atoms with Crippen LogP contribution in [0.5, 0.6) is 0 Å². The molecule has 24 heavy (non-hydrogen) atoms. The summed E-state index contributed by atoms with van der Waals surface area (Å²) in [6.45, 7) is 0.897. The molecule has 1 aliphatic heterocycles. The van der Waals surface area contributed by atoms with Gasteiger partial charge in [0.15, 0.2) is 11.9 Å². The first-order valence-electron chi connectivity index (χ1n) is 7.93. The lowest BCUT2D eigenvalue weighted by atomic mass is 10.2. The van der Waals surface area contributed by atoms with Crippen LogP contribution in [0, 0.1) is 0 Å². The molecule has 1 heterocycles. The Morgan fingerprint density at radius 2 is 1.92 bits per heavy atom. The molecule has 0 spiro atoms. The summed E-state index contributed by atoms with van der Waals surface area (Å²) < 4.78 is 31.9. The van der Waals surface area contributed by atoms with Gasteiger partial charge >= 0.3 is 5.97 Å². The van der Waals surface area contributed by atoms with Gasteiger partial charge in [0.2, 0.25) is 10.0 Å². The summed E-state index contributed by atoms with van der Waals surface area (Å²) in [7, 11) is -3.74. The molecular weight excluding hydrogens is 354 g/mol. The van der Waals surface area contributed by atoms with Crippen molar-refractivity contribution in [3.63, 3.8) is 0 Å². The van der Waals surface area contributed by atoms with Crippen molar-refractivity contribution in [1.82, 2.24) is 4.31 Å². The first-order valence-corrected chi connectivity index (χ1v) is 9.75. The van der Waals surface area contributed by atoms with E-state index in [1.54, 1.807) is 0 Å². The van der Waals surface area contributed by atoms with Crippen LogP contribution >= 0.6 is 11.6 Å². The van der Waals surface area contributed by atoms with Crippen LogP contribution in [0.25, 0.3) is 0 Å². The molecular formula is C16H18ClNO5S. The predicted molar refractivity (Wildman–Crippen MR) is 87.5 cm³/mol. The topological polar surface area (TPSA) is 80.8 Å². The molecule has 0 amide bonds. The number of ketones is 1. The van der Waals surface area contributed by atoms with Crippen molar-refractivity contribution in [3.05, 3.63) is 28.8 Å². The molecule has 2 aliphatic rings. The summed E-state index contributed by atoms with van der Waals surface area (Å²) in [6.07, 6.45) is 2.51. The van der Waals surface area contributed by atoms with Crippen molar-refractivity contribution in [2.75, 3.05) is 13.1 Å². The van der Waals surface area contributed by atoms with Gasteiger partial charge in [0.25, 0.3) is 0 Å². The second kappa shape index (κ2) is 6.82. The van der Waals surface area contributed by atoms with E-state index in [1.165, 1.54) is 22.5 Å². The standard InChI is InChI=1S/C16H18ClNO5S/c17-12-7-6-11(16(20)23-14-5-3-4-13(14)19)10-15(12)24(21,22)18-8-1-2-9-18/h6-7,10,14H,1-5,8-9H2/t14-/m0/s1. The van der Waals surface area contributed by atoms with E-state index in [9.17, 15) is 18.0 Å². The third kappa shape index (κ3) is 3.34. The lowest BCUT2D eigenvalue weighted by Gasteiger charge is -2.17. The molecule has 2 fully saturated rings. The van der Waals surface area contributed by atoms with Crippen LogP contribution in [0.15, 0.2) is 23.1 Å². The Morgan fingerprint density at radius 1 is 1.21 bits per heavy atom. The third-order valence-electron chi connectivity index (χ3n) is 4.35. The molecule has 0 unspecified atom stereocenters. The van der Waals surface area contributed by atoms with Gasteiger partial charge in [-0.25, -0.2) is 13.2 Å². The maximum absolute atomic E-state index is 12.7. The fourth-order valence-electron chi connectivity index (χ4n) is 3.00. The highest BCUT2D eigenvalue weighted by atomic mass is 35.5. The van der Waals surface area contributed by atoms with Crippen molar-refractivity contribution in [3.8, 4) is 0 Å². The van der Waals surface area contributed by atoms with Gasteiger partial charge in [-0.2, -0.15) is 4.31 Å². The molecule has 1 saturated carbocycles. The Kier molecular flexibility index (Phi) is 4.94. The van der Waals surface area contributed by atoms with Gasteiger partial charge in [0, 0.05) is 19.5 Å². The number of ether oxygens (including phenoxy) is 1. The van der Waals surface area contributed by atoms with Gasteiger partial charge in [0.05, 0.1) is 10.6 Å². The second-order valence-corrected chi connectivity index (χ2v) is 8.32. The van der Waals surface area contributed by atoms with Gasteiger partial charge in [-0.1, -0.05) is 11.6 Å². The van der Waals surface area contributed by atoms with Crippen molar-refractivity contribution in [2.45, 2.75) is 43.1 Å². The predicted octanol–water partition coefficient (Wildman–Crippen LogP) is 2.40. The van der Waals surface area contributed by atoms with Gasteiger partial charge in [0.1, 0.15) is 4.90 Å². The molecule has 3 rings (SSSR count). The van der Waals surface area contributed by atoms with Gasteiger partial charge in [-0.3, -0.25) is 4.79 Å². The van der Waals surface area contributed by atoms with Crippen LogP contribution < -0.4 is 0 Å². The number of nitrogens with zero attached hydrogens (tertiary/aromatic N) is 1. The molecule has 1 aromatic carbocycles. The van der Waals surface area contributed by atoms with Crippen LogP contribution in [-0.4, -0.2) is 43.7 Å². The molecule has 1 aliphatic carbocycles. The van der Waals surface area contributed by atoms with Crippen LogP contribution in [0.4, 0.5) is 0 Å². The monoisotopic (exact) mass is 371 g/mol. The van der Waals surface area contributed by atoms with Crippen LogP contribution in [0.3, 0.4) is 0 Å². The summed E-state index contributed by atoms with van der Waals surface area (Å²) in [4.78, 5) is 23.7. The SMILES string of the molecule is O=C(O[C@H]1CCCC1=O)c1ccc(Cl)c(S(=O)(=O)N2CCCC2)c1. The Labute approximate surface area is 145 Å². The number of hydrogen-bond acceptors (Lipinski definition) is 5. The number of benzene rings is 1. The Balaban J connectivity index is 1.85. The fraction of sp³-hybridized carbons (Fsp3) is 0.500. The van der Waals surface area contributed by atoms with Crippen molar-refractivity contribution in [1.29, 1.82) is 0 Å². The van der Waals surface area contributed by atoms with Gasteiger partial charge in [-0.15, -0.1) is 0 Å². The lowest BCUT2D eigenvalue weighted by Crippen LogP contribution is -2.28. The first kappa shape index (κ1) is 17.4. The Bertz CT molecular complexity index is 771. The quantitative estimate of drug-likeness (QED) is 0.759. The molecule has 0 bridgehead atoms.